The lowest BCUT2D eigenvalue weighted by Gasteiger charge is -2.25. The fraction of sp³-hybridized carbons (Fsp3) is 0.0909. The van der Waals surface area contributed by atoms with Crippen molar-refractivity contribution in [2.75, 3.05) is 0 Å². The largest absolute Gasteiger partial charge is 0.292 e. The lowest BCUT2D eigenvalue weighted by atomic mass is 9.78. The number of aromatic nitrogens is 3. The summed E-state index contributed by atoms with van der Waals surface area (Å²) in [6, 6.07) is 59.7. The van der Waals surface area contributed by atoms with E-state index in [1.807, 2.05) is 0 Å². The van der Waals surface area contributed by atoms with Crippen LogP contribution in [0, 0.1) is 0 Å². The molecular formula is C55H39N3S. The molecule has 0 fully saturated rings. The van der Waals surface area contributed by atoms with Crippen molar-refractivity contribution in [3.05, 3.63) is 193 Å². The number of rotatable bonds is 5. The van der Waals surface area contributed by atoms with Gasteiger partial charge in [-0.2, -0.15) is 0 Å². The lowest BCUT2D eigenvalue weighted by Crippen LogP contribution is -2.16. The van der Waals surface area contributed by atoms with E-state index in [2.05, 4.69) is 194 Å². The summed E-state index contributed by atoms with van der Waals surface area (Å²) in [6.45, 7) is 4.82. The van der Waals surface area contributed by atoms with E-state index in [1.165, 1.54) is 70.8 Å². The first kappa shape index (κ1) is 34.2. The summed E-state index contributed by atoms with van der Waals surface area (Å²) < 4.78 is 3.51. The Hall–Kier alpha value is -6.88. The zero-order chi connectivity index (χ0) is 39.2. The third-order valence-corrected chi connectivity index (χ3v) is 13.8. The van der Waals surface area contributed by atoms with Crippen LogP contribution in [0.3, 0.4) is 0 Å². The third kappa shape index (κ3) is 5.26. The zero-order valence-corrected chi connectivity index (χ0v) is 33.7. The summed E-state index contributed by atoms with van der Waals surface area (Å²) in [7, 11) is 0. The van der Waals surface area contributed by atoms with Gasteiger partial charge in [-0.25, -0.2) is 9.97 Å². The van der Waals surface area contributed by atoms with Crippen molar-refractivity contribution in [3.63, 3.8) is 0 Å². The maximum absolute atomic E-state index is 5.27. The fourth-order valence-electron chi connectivity index (χ4n) is 9.93. The summed E-state index contributed by atoms with van der Waals surface area (Å²) >= 11 is 1.75. The molecule has 0 amide bonds. The van der Waals surface area contributed by atoms with E-state index in [0.29, 0.717) is 0 Å². The number of thiazole rings is 1. The molecule has 0 N–H and O–H groups in total. The molecule has 2 aliphatic carbocycles. The van der Waals surface area contributed by atoms with Crippen LogP contribution in [-0.4, -0.2) is 14.5 Å². The third-order valence-electron chi connectivity index (χ3n) is 12.7. The second kappa shape index (κ2) is 13.1. The number of para-hydroxylation sites is 4. The Morgan fingerprint density at radius 2 is 1.24 bits per heavy atom. The SMILES string of the molecule is CC1(C)C2=C(CCC=C2)c2cc3c(-c4ccc(-c5nc6ccccc6s5)cc4)c4ccccc4c(-c4cccc(-c5nc6ccccc6n5-c5ccccc5)c4)c3cc21. The molecule has 280 valence electrons. The maximum atomic E-state index is 5.27. The Balaban J connectivity index is 1.11. The highest BCUT2D eigenvalue weighted by molar-refractivity contribution is 7.21. The van der Waals surface area contributed by atoms with Crippen LogP contribution in [0.5, 0.6) is 0 Å². The summed E-state index contributed by atoms with van der Waals surface area (Å²) in [4.78, 5) is 10.3. The molecule has 12 rings (SSSR count). The highest BCUT2D eigenvalue weighted by Crippen LogP contribution is 2.54. The predicted molar refractivity (Wildman–Crippen MR) is 249 cm³/mol. The molecule has 2 heterocycles. The molecule has 3 nitrogen and oxygen atoms in total. The van der Waals surface area contributed by atoms with Crippen LogP contribution in [-0.2, 0) is 5.41 Å². The van der Waals surface area contributed by atoms with E-state index < -0.39 is 0 Å². The van der Waals surface area contributed by atoms with E-state index in [9.17, 15) is 0 Å². The summed E-state index contributed by atoms with van der Waals surface area (Å²) in [5.74, 6) is 0.934. The van der Waals surface area contributed by atoms with Gasteiger partial charge in [0.15, 0.2) is 0 Å². The molecule has 59 heavy (non-hydrogen) atoms. The van der Waals surface area contributed by atoms with Crippen molar-refractivity contribution in [1.82, 2.24) is 14.5 Å². The maximum Gasteiger partial charge on any atom is 0.145 e. The first-order chi connectivity index (χ1) is 29.0. The Bertz CT molecular complexity index is 3360. The number of allylic oxidation sites excluding steroid dienone is 4. The van der Waals surface area contributed by atoms with Crippen molar-refractivity contribution in [2.24, 2.45) is 0 Å². The Kier molecular flexibility index (Phi) is 7.57. The van der Waals surface area contributed by atoms with Gasteiger partial charge in [0.25, 0.3) is 0 Å². The van der Waals surface area contributed by atoms with Crippen LogP contribution < -0.4 is 0 Å². The van der Waals surface area contributed by atoms with Gasteiger partial charge < -0.3 is 0 Å². The van der Waals surface area contributed by atoms with Gasteiger partial charge in [0.2, 0.25) is 0 Å². The molecule has 2 aromatic heterocycles. The molecule has 10 aromatic rings. The predicted octanol–water partition coefficient (Wildman–Crippen LogP) is 15.0. The smallest absolute Gasteiger partial charge is 0.145 e. The standard InChI is InChI=1S/C55H39N3S/c1-55(2)45-22-9-8-19-39(45)42-32-43-44(33-46(42)55)52(36-15-14-16-37(31-36)53-56-47-23-10-12-25-49(47)58(53)38-17-4-3-5-18-38)41-21-7-6-20-40(41)51(43)34-27-29-35(30-28-34)54-57-48-24-11-13-26-50(48)59-54/h3-7,9-18,20-33H,8,19H2,1-2H3. The molecule has 0 spiro atoms. The first-order valence-corrected chi connectivity index (χ1v) is 21.4. The Labute approximate surface area is 347 Å². The van der Waals surface area contributed by atoms with Gasteiger partial charge in [0.05, 0.1) is 21.3 Å². The second-order valence-corrected chi connectivity index (χ2v) is 17.5. The summed E-state index contributed by atoms with van der Waals surface area (Å²) in [5.41, 5.74) is 17.1. The first-order valence-electron chi connectivity index (χ1n) is 20.5. The lowest BCUT2D eigenvalue weighted by molar-refractivity contribution is 0.652. The highest BCUT2D eigenvalue weighted by Gasteiger charge is 2.38. The van der Waals surface area contributed by atoms with Gasteiger partial charge in [-0.15, -0.1) is 11.3 Å². The molecular weight excluding hydrogens is 735 g/mol. The normalized spacial score (nSPS) is 14.5. The van der Waals surface area contributed by atoms with Crippen molar-refractivity contribution in [2.45, 2.75) is 32.1 Å². The van der Waals surface area contributed by atoms with Crippen molar-refractivity contribution >= 4 is 59.7 Å². The number of hydrogen-bond acceptors (Lipinski definition) is 3. The fourth-order valence-corrected chi connectivity index (χ4v) is 10.9. The van der Waals surface area contributed by atoms with Gasteiger partial charge in [-0.05, 0) is 134 Å². The molecule has 0 atom stereocenters. The quantitative estimate of drug-likeness (QED) is 0.163. The van der Waals surface area contributed by atoms with Crippen LogP contribution in [0.25, 0.3) is 98.3 Å². The van der Waals surface area contributed by atoms with E-state index >= 15 is 0 Å². The Morgan fingerprint density at radius 1 is 0.559 bits per heavy atom. The van der Waals surface area contributed by atoms with Gasteiger partial charge in [0, 0.05) is 22.2 Å². The molecule has 4 heteroatoms. The van der Waals surface area contributed by atoms with Gasteiger partial charge >= 0.3 is 0 Å². The van der Waals surface area contributed by atoms with Gasteiger partial charge in [-0.1, -0.05) is 135 Å². The minimum atomic E-state index is -0.0971. The van der Waals surface area contributed by atoms with Crippen LogP contribution in [0.1, 0.15) is 37.8 Å². The van der Waals surface area contributed by atoms with E-state index in [0.717, 1.165) is 57.0 Å². The molecule has 2 aliphatic rings. The molecule has 0 radical (unpaired) electrons. The minimum Gasteiger partial charge on any atom is -0.292 e. The van der Waals surface area contributed by atoms with Crippen LogP contribution >= 0.6 is 11.3 Å². The minimum absolute atomic E-state index is 0.0971. The molecule has 0 aliphatic heterocycles. The van der Waals surface area contributed by atoms with Crippen molar-refractivity contribution in [3.8, 4) is 49.9 Å². The molecule has 8 aromatic carbocycles. The Morgan fingerprint density at radius 3 is 2.05 bits per heavy atom. The second-order valence-electron chi connectivity index (χ2n) is 16.4. The van der Waals surface area contributed by atoms with Gasteiger partial charge in [0.1, 0.15) is 10.8 Å². The zero-order valence-electron chi connectivity index (χ0n) is 32.9. The van der Waals surface area contributed by atoms with E-state index in [-0.39, 0.29) is 5.41 Å². The van der Waals surface area contributed by atoms with Gasteiger partial charge in [-0.3, -0.25) is 4.57 Å². The average Bonchev–Trinajstić information content (AvgIpc) is 3.96. The molecule has 0 saturated heterocycles. The van der Waals surface area contributed by atoms with Crippen LogP contribution in [0.15, 0.2) is 182 Å². The van der Waals surface area contributed by atoms with Crippen LogP contribution in [0.2, 0.25) is 0 Å². The molecule has 0 unspecified atom stereocenters. The summed E-state index contributed by atoms with van der Waals surface area (Å²) in [5, 5.41) is 6.10. The number of imidazole rings is 1. The van der Waals surface area contributed by atoms with Crippen molar-refractivity contribution < 1.29 is 0 Å². The van der Waals surface area contributed by atoms with Crippen molar-refractivity contribution in [1.29, 1.82) is 0 Å². The molecule has 0 bridgehead atoms. The number of nitrogens with zero attached hydrogens (tertiary/aromatic N) is 3. The highest BCUT2D eigenvalue weighted by atomic mass is 32.1. The topological polar surface area (TPSA) is 30.7 Å². The number of fused-ring (bicyclic) bond motifs is 6. The summed E-state index contributed by atoms with van der Waals surface area (Å²) in [6.07, 6.45) is 6.91. The van der Waals surface area contributed by atoms with E-state index in [1.54, 1.807) is 11.3 Å². The monoisotopic (exact) mass is 773 g/mol. The van der Waals surface area contributed by atoms with Crippen LogP contribution in [0.4, 0.5) is 0 Å². The number of benzene rings is 8. The molecule has 0 saturated carbocycles. The van der Waals surface area contributed by atoms with E-state index in [4.69, 9.17) is 9.97 Å². The number of hydrogen-bond donors (Lipinski definition) is 0. The average molecular weight is 774 g/mol.